The molecule has 0 aliphatic heterocycles. The van der Waals surface area contributed by atoms with E-state index < -0.39 is 28.8 Å². The molecular formula is C21H17F3N6O3. The van der Waals surface area contributed by atoms with Gasteiger partial charge in [0, 0.05) is 12.7 Å². The van der Waals surface area contributed by atoms with Crippen molar-refractivity contribution in [3.63, 3.8) is 0 Å². The van der Waals surface area contributed by atoms with Crippen LogP contribution < -0.4 is 16.4 Å². The zero-order chi connectivity index (χ0) is 23.6. The van der Waals surface area contributed by atoms with Crippen molar-refractivity contribution in [3.05, 3.63) is 92.5 Å². The van der Waals surface area contributed by atoms with Crippen LogP contribution in [-0.2, 0) is 19.3 Å². The Labute approximate surface area is 183 Å². The van der Waals surface area contributed by atoms with Gasteiger partial charge in [-0.25, -0.2) is 9.67 Å². The summed E-state index contributed by atoms with van der Waals surface area (Å²) in [7, 11) is 0. The number of alkyl halides is 3. The lowest BCUT2D eigenvalue weighted by molar-refractivity contribution is -0.137. The first-order chi connectivity index (χ1) is 15.7. The number of aromatic amines is 1. The van der Waals surface area contributed by atoms with E-state index in [0.717, 1.165) is 12.1 Å². The third kappa shape index (κ3) is 4.68. The normalized spacial score (nSPS) is 11.6. The van der Waals surface area contributed by atoms with Gasteiger partial charge in [0.25, 0.3) is 17.0 Å². The molecule has 170 valence electrons. The molecule has 3 aromatic heterocycles. The highest BCUT2D eigenvalue weighted by Gasteiger charge is 2.30. The van der Waals surface area contributed by atoms with E-state index in [9.17, 15) is 27.6 Å². The second kappa shape index (κ2) is 8.73. The van der Waals surface area contributed by atoms with E-state index in [1.807, 2.05) is 0 Å². The molecule has 2 N–H and O–H groups in total. The zero-order valence-electron chi connectivity index (χ0n) is 17.0. The molecule has 33 heavy (non-hydrogen) atoms. The predicted molar refractivity (Wildman–Crippen MR) is 112 cm³/mol. The molecule has 0 radical (unpaired) electrons. The maximum Gasteiger partial charge on any atom is 0.416 e. The number of carbonyl (C=O) groups excluding carboxylic acids is 1. The van der Waals surface area contributed by atoms with Crippen molar-refractivity contribution in [3.8, 4) is 0 Å². The highest BCUT2D eigenvalue weighted by molar-refractivity contribution is 5.93. The number of rotatable bonds is 6. The number of pyridine rings is 1. The number of amides is 1. The summed E-state index contributed by atoms with van der Waals surface area (Å²) >= 11 is 0. The second-order valence-corrected chi connectivity index (χ2v) is 7.15. The molecule has 9 nitrogen and oxygen atoms in total. The molecule has 0 fully saturated rings. The number of hydrogen-bond donors (Lipinski definition) is 2. The summed E-state index contributed by atoms with van der Waals surface area (Å²) in [6.45, 7) is 0.224. The standard InChI is InChI=1S/C21H17F3N6O3/c22-21(23,24)14-4-1-3-13(9-14)11-29-12-27-17-16(20(29)33)10-28-30(17)8-7-26-19(32)15-5-2-6-25-18(15)31/h1-6,9-10,12H,7-8,11H2,(H,25,31)(H,26,32). The Hall–Kier alpha value is -4.22. The first kappa shape index (κ1) is 22.0. The largest absolute Gasteiger partial charge is 0.416 e. The lowest BCUT2D eigenvalue weighted by Crippen LogP contribution is -2.31. The smallest absolute Gasteiger partial charge is 0.350 e. The van der Waals surface area contributed by atoms with Crippen LogP contribution in [0, 0.1) is 0 Å². The molecule has 0 atom stereocenters. The molecular weight excluding hydrogens is 441 g/mol. The summed E-state index contributed by atoms with van der Waals surface area (Å²) < 4.78 is 41.4. The van der Waals surface area contributed by atoms with E-state index in [1.54, 1.807) is 0 Å². The average Bonchev–Trinajstić information content (AvgIpc) is 3.19. The molecule has 4 rings (SSSR count). The minimum absolute atomic E-state index is 0.0292. The fourth-order valence-corrected chi connectivity index (χ4v) is 3.29. The van der Waals surface area contributed by atoms with Crippen LogP contribution in [0.25, 0.3) is 11.0 Å². The molecule has 0 saturated carbocycles. The van der Waals surface area contributed by atoms with Gasteiger partial charge in [0.05, 0.1) is 24.8 Å². The van der Waals surface area contributed by atoms with Gasteiger partial charge in [-0.1, -0.05) is 12.1 Å². The van der Waals surface area contributed by atoms with Gasteiger partial charge in [-0.2, -0.15) is 18.3 Å². The van der Waals surface area contributed by atoms with Crippen molar-refractivity contribution >= 4 is 16.9 Å². The summed E-state index contributed by atoms with van der Waals surface area (Å²) in [5, 5.41) is 6.90. The van der Waals surface area contributed by atoms with E-state index in [0.29, 0.717) is 5.56 Å². The van der Waals surface area contributed by atoms with Crippen LogP contribution in [0.2, 0.25) is 0 Å². The Kier molecular flexibility index (Phi) is 5.82. The molecule has 0 saturated heterocycles. The van der Waals surface area contributed by atoms with Gasteiger partial charge in [0.15, 0.2) is 5.65 Å². The number of aromatic nitrogens is 5. The number of halogens is 3. The van der Waals surface area contributed by atoms with Gasteiger partial charge in [0.2, 0.25) is 0 Å². The molecule has 4 aromatic rings. The third-order valence-electron chi connectivity index (χ3n) is 4.90. The number of carbonyl (C=O) groups is 1. The first-order valence-electron chi connectivity index (χ1n) is 9.77. The van der Waals surface area contributed by atoms with E-state index in [1.165, 1.54) is 52.2 Å². The molecule has 0 bridgehead atoms. The van der Waals surface area contributed by atoms with E-state index in [4.69, 9.17) is 0 Å². The van der Waals surface area contributed by atoms with Crippen molar-refractivity contribution in [1.82, 2.24) is 29.6 Å². The minimum atomic E-state index is -4.48. The van der Waals surface area contributed by atoms with Crippen LogP contribution in [-0.4, -0.2) is 36.8 Å². The Morgan fingerprint density at radius 3 is 2.73 bits per heavy atom. The number of benzene rings is 1. The number of nitrogens with one attached hydrogen (secondary N) is 2. The molecule has 0 spiro atoms. The SMILES string of the molecule is O=C(NCCn1ncc2c(=O)n(Cc3cccc(C(F)(F)F)c3)cnc21)c1ccc[nH]c1=O. The van der Waals surface area contributed by atoms with Crippen LogP contribution in [0.15, 0.2) is 64.7 Å². The van der Waals surface area contributed by atoms with E-state index in [2.05, 4.69) is 20.4 Å². The van der Waals surface area contributed by atoms with Crippen molar-refractivity contribution in [2.75, 3.05) is 6.54 Å². The van der Waals surface area contributed by atoms with Crippen LogP contribution in [0.5, 0.6) is 0 Å². The van der Waals surface area contributed by atoms with E-state index in [-0.39, 0.29) is 36.2 Å². The monoisotopic (exact) mass is 458 g/mol. The second-order valence-electron chi connectivity index (χ2n) is 7.15. The number of fused-ring (bicyclic) bond motifs is 1. The van der Waals surface area contributed by atoms with E-state index >= 15 is 0 Å². The first-order valence-corrected chi connectivity index (χ1v) is 9.77. The maximum absolute atomic E-state index is 12.9. The molecule has 0 aliphatic carbocycles. The third-order valence-corrected chi connectivity index (χ3v) is 4.90. The summed E-state index contributed by atoms with van der Waals surface area (Å²) in [6.07, 6.45) is -0.504. The number of hydrogen-bond acceptors (Lipinski definition) is 5. The van der Waals surface area contributed by atoms with Crippen LogP contribution in [0.1, 0.15) is 21.5 Å². The molecule has 0 aliphatic rings. The highest BCUT2D eigenvalue weighted by Crippen LogP contribution is 2.29. The lowest BCUT2D eigenvalue weighted by Gasteiger charge is -2.10. The molecule has 1 aromatic carbocycles. The van der Waals surface area contributed by atoms with Gasteiger partial charge in [0.1, 0.15) is 17.3 Å². The maximum atomic E-state index is 12.9. The van der Waals surface area contributed by atoms with Crippen LogP contribution in [0.3, 0.4) is 0 Å². The molecule has 12 heteroatoms. The van der Waals surface area contributed by atoms with Crippen molar-refractivity contribution in [1.29, 1.82) is 0 Å². The number of nitrogens with zero attached hydrogens (tertiary/aromatic N) is 4. The average molecular weight is 458 g/mol. The highest BCUT2D eigenvalue weighted by atomic mass is 19.4. The zero-order valence-corrected chi connectivity index (χ0v) is 17.0. The van der Waals surface area contributed by atoms with Crippen molar-refractivity contribution < 1.29 is 18.0 Å². The summed E-state index contributed by atoms with van der Waals surface area (Å²) in [5.41, 5.74) is -1.22. The fourth-order valence-electron chi connectivity index (χ4n) is 3.29. The Bertz CT molecular complexity index is 1440. The van der Waals surface area contributed by atoms with Crippen molar-refractivity contribution in [2.45, 2.75) is 19.3 Å². The lowest BCUT2D eigenvalue weighted by atomic mass is 10.1. The van der Waals surface area contributed by atoms with Gasteiger partial charge in [-0.3, -0.25) is 19.0 Å². The summed E-state index contributed by atoms with van der Waals surface area (Å²) in [4.78, 5) is 43.2. The summed E-state index contributed by atoms with van der Waals surface area (Å²) in [6, 6.07) is 7.66. The van der Waals surface area contributed by atoms with Crippen molar-refractivity contribution in [2.24, 2.45) is 0 Å². The topological polar surface area (TPSA) is 115 Å². The predicted octanol–water partition coefficient (Wildman–Crippen LogP) is 1.78. The van der Waals surface area contributed by atoms with Crippen LogP contribution >= 0.6 is 0 Å². The quantitative estimate of drug-likeness (QED) is 0.457. The Balaban J connectivity index is 1.48. The summed E-state index contributed by atoms with van der Waals surface area (Å²) in [5.74, 6) is -0.551. The minimum Gasteiger partial charge on any atom is -0.350 e. The number of H-pyrrole nitrogens is 1. The van der Waals surface area contributed by atoms with Gasteiger partial charge in [-0.05, 0) is 29.8 Å². The molecule has 3 heterocycles. The molecule has 1 amide bonds. The Morgan fingerprint density at radius 2 is 1.97 bits per heavy atom. The van der Waals surface area contributed by atoms with Gasteiger partial charge < -0.3 is 10.3 Å². The molecule has 0 unspecified atom stereocenters. The fraction of sp³-hybridized carbons (Fsp3) is 0.190. The van der Waals surface area contributed by atoms with Gasteiger partial charge >= 0.3 is 6.18 Å². The van der Waals surface area contributed by atoms with Crippen LogP contribution in [0.4, 0.5) is 13.2 Å². The Morgan fingerprint density at radius 1 is 1.15 bits per heavy atom. The van der Waals surface area contributed by atoms with Gasteiger partial charge in [-0.15, -0.1) is 0 Å².